The molecule has 2 N–H and O–H groups in total. The fourth-order valence-corrected chi connectivity index (χ4v) is 3.06. The molecule has 1 saturated heterocycles. The average Bonchev–Trinajstić information content (AvgIpc) is 2.41. The van der Waals surface area contributed by atoms with E-state index in [4.69, 9.17) is 5.73 Å². The van der Waals surface area contributed by atoms with Gasteiger partial charge in [0.2, 0.25) is 0 Å². The first kappa shape index (κ1) is 16.3. The maximum absolute atomic E-state index is 12.7. The molecule has 1 aromatic carbocycles. The Kier molecular flexibility index (Phi) is 5.27. The molecule has 1 aliphatic rings. The molecular formula is C16H23F3N2. The SMILES string of the molecule is Cc1cc(C(F)(F)F)ccc1CN1CCCC(CCN)C1. The average molecular weight is 300 g/mol. The second-order valence-electron chi connectivity index (χ2n) is 5.96. The van der Waals surface area contributed by atoms with Crippen LogP contribution in [0.1, 0.15) is 36.0 Å². The van der Waals surface area contributed by atoms with Crippen molar-refractivity contribution in [2.75, 3.05) is 19.6 Å². The minimum absolute atomic E-state index is 0.566. The van der Waals surface area contributed by atoms with Gasteiger partial charge in [-0.2, -0.15) is 13.2 Å². The quantitative estimate of drug-likeness (QED) is 0.921. The molecule has 1 heterocycles. The van der Waals surface area contributed by atoms with E-state index in [-0.39, 0.29) is 0 Å². The van der Waals surface area contributed by atoms with Crippen LogP contribution >= 0.6 is 0 Å². The standard InChI is InChI=1S/C16H23F3N2/c1-12-9-15(16(17,18)19)5-4-14(12)11-21-8-2-3-13(10-21)6-7-20/h4-5,9,13H,2-3,6-8,10-11,20H2,1H3. The summed E-state index contributed by atoms with van der Waals surface area (Å²) < 4.78 is 38.0. The van der Waals surface area contributed by atoms with Crippen molar-refractivity contribution in [2.45, 2.75) is 38.9 Å². The summed E-state index contributed by atoms with van der Waals surface area (Å²) in [6, 6.07) is 4.05. The van der Waals surface area contributed by atoms with Crippen molar-refractivity contribution in [1.82, 2.24) is 4.90 Å². The van der Waals surface area contributed by atoms with Crippen LogP contribution in [0.25, 0.3) is 0 Å². The highest BCUT2D eigenvalue weighted by Gasteiger charge is 2.30. The predicted octanol–water partition coefficient (Wildman–Crippen LogP) is 3.57. The van der Waals surface area contributed by atoms with E-state index in [0.717, 1.165) is 38.0 Å². The smallest absolute Gasteiger partial charge is 0.330 e. The molecule has 1 unspecified atom stereocenters. The number of rotatable bonds is 4. The molecular weight excluding hydrogens is 277 g/mol. The first-order valence-electron chi connectivity index (χ1n) is 7.49. The largest absolute Gasteiger partial charge is 0.416 e. The molecule has 2 nitrogen and oxygen atoms in total. The summed E-state index contributed by atoms with van der Waals surface area (Å²) in [6.45, 7) is 5.20. The summed E-state index contributed by atoms with van der Waals surface area (Å²) in [5.74, 6) is 0.624. The van der Waals surface area contributed by atoms with Crippen molar-refractivity contribution >= 4 is 0 Å². The Balaban J connectivity index is 2.02. The molecule has 1 aliphatic heterocycles. The predicted molar refractivity (Wildman–Crippen MR) is 77.9 cm³/mol. The van der Waals surface area contributed by atoms with Crippen LogP contribution in [0.15, 0.2) is 18.2 Å². The molecule has 0 bridgehead atoms. The van der Waals surface area contributed by atoms with Crippen molar-refractivity contribution in [3.05, 3.63) is 34.9 Å². The van der Waals surface area contributed by atoms with Crippen LogP contribution in [0.2, 0.25) is 0 Å². The molecule has 21 heavy (non-hydrogen) atoms. The van der Waals surface area contributed by atoms with Crippen LogP contribution < -0.4 is 5.73 Å². The number of hydrogen-bond donors (Lipinski definition) is 1. The molecule has 0 radical (unpaired) electrons. The third-order valence-corrected chi connectivity index (χ3v) is 4.24. The molecule has 5 heteroatoms. The van der Waals surface area contributed by atoms with Gasteiger partial charge in [-0.05, 0) is 68.5 Å². The maximum Gasteiger partial charge on any atom is 0.416 e. The second kappa shape index (κ2) is 6.79. The van der Waals surface area contributed by atoms with Gasteiger partial charge < -0.3 is 5.73 Å². The zero-order chi connectivity index (χ0) is 15.5. The first-order valence-corrected chi connectivity index (χ1v) is 7.49. The number of piperidine rings is 1. The number of nitrogens with two attached hydrogens (primary N) is 1. The van der Waals surface area contributed by atoms with Gasteiger partial charge >= 0.3 is 6.18 Å². The third-order valence-electron chi connectivity index (χ3n) is 4.24. The number of nitrogens with zero attached hydrogens (tertiary/aromatic N) is 1. The van der Waals surface area contributed by atoms with Crippen LogP contribution in [-0.4, -0.2) is 24.5 Å². The lowest BCUT2D eigenvalue weighted by atomic mass is 9.94. The summed E-state index contributed by atoms with van der Waals surface area (Å²) in [6.07, 6.45) is -0.882. The molecule has 0 saturated carbocycles. The highest BCUT2D eigenvalue weighted by atomic mass is 19.4. The van der Waals surface area contributed by atoms with Crippen molar-refractivity contribution in [3.8, 4) is 0 Å². The van der Waals surface area contributed by atoms with E-state index in [9.17, 15) is 13.2 Å². The van der Waals surface area contributed by atoms with Gasteiger partial charge in [0.25, 0.3) is 0 Å². The van der Waals surface area contributed by atoms with E-state index >= 15 is 0 Å². The van der Waals surface area contributed by atoms with Crippen molar-refractivity contribution in [1.29, 1.82) is 0 Å². The lowest BCUT2D eigenvalue weighted by Crippen LogP contribution is -2.35. The molecule has 0 aromatic heterocycles. The Bertz CT molecular complexity index is 469. The van der Waals surface area contributed by atoms with Gasteiger partial charge in [0.05, 0.1) is 5.56 Å². The zero-order valence-corrected chi connectivity index (χ0v) is 12.4. The molecule has 1 fully saturated rings. The van der Waals surface area contributed by atoms with Gasteiger partial charge in [-0.1, -0.05) is 6.07 Å². The summed E-state index contributed by atoms with van der Waals surface area (Å²) in [5, 5.41) is 0. The van der Waals surface area contributed by atoms with E-state index in [0.29, 0.717) is 18.0 Å². The van der Waals surface area contributed by atoms with Gasteiger partial charge in [0.1, 0.15) is 0 Å². The van der Waals surface area contributed by atoms with E-state index in [1.54, 1.807) is 13.0 Å². The molecule has 1 aromatic rings. The number of alkyl halides is 3. The highest BCUT2D eigenvalue weighted by molar-refractivity contribution is 5.32. The molecule has 0 aliphatic carbocycles. The van der Waals surface area contributed by atoms with Crippen LogP contribution in [0.4, 0.5) is 13.2 Å². The monoisotopic (exact) mass is 300 g/mol. The van der Waals surface area contributed by atoms with Gasteiger partial charge in [-0.3, -0.25) is 4.90 Å². The number of halogens is 3. The molecule has 1 atom stereocenters. The zero-order valence-electron chi connectivity index (χ0n) is 12.4. The van der Waals surface area contributed by atoms with Crippen LogP contribution in [0.3, 0.4) is 0 Å². The highest BCUT2D eigenvalue weighted by Crippen LogP contribution is 2.31. The lowest BCUT2D eigenvalue weighted by molar-refractivity contribution is -0.137. The first-order chi connectivity index (χ1) is 9.90. The minimum Gasteiger partial charge on any atom is -0.330 e. The van der Waals surface area contributed by atoms with E-state index in [2.05, 4.69) is 4.90 Å². The molecule has 0 amide bonds. The number of aryl methyl sites for hydroxylation is 1. The summed E-state index contributed by atoms with van der Waals surface area (Å²) in [5.41, 5.74) is 6.74. The van der Waals surface area contributed by atoms with Crippen molar-refractivity contribution < 1.29 is 13.2 Å². The van der Waals surface area contributed by atoms with E-state index < -0.39 is 11.7 Å². The van der Waals surface area contributed by atoms with E-state index in [1.807, 2.05) is 0 Å². The summed E-state index contributed by atoms with van der Waals surface area (Å²) in [4.78, 5) is 2.33. The third kappa shape index (κ3) is 4.45. The van der Waals surface area contributed by atoms with Crippen LogP contribution in [0.5, 0.6) is 0 Å². The molecule has 118 valence electrons. The Hall–Kier alpha value is -1.07. The number of hydrogen-bond acceptors (Lipinski definition) is 2. The van der Waals surface area contributed by atoms with Gasteiger partial charge in [-0.25, -0.2) is 0 Å². The van der Waals surface area contributed by atoms with E-state index in [1.165, 1.54) is 18.6 Å². The number of benzene rings is 1. The normalized spacial score (nSPS) is 20.7. The van der Waals surface area contributed by atoms with Crippen molar-refractivity contribution in [2.24, 2.45) is 11.7 Å². The maximum atomic E-state index is 12.7. The Labute approximate surface area is 124 Å². The fourth-order valence-electron chi connectivity index (χ4n) is 3.06. The fraction of sp³-hybridized carbons (Fsp3) is 0.625. The van der Waals surface area contributed by atoms with Gasteiger partial charge in [0.15, 0.2) is 0 Å². The van der Waals surface area contributed by atoms with Crippen LogP contribution in [-0.2, 0) is 12.7 Å². The summed E-state index contributed by atoms with van der Waals surface area (Å²) >= 11 is 0. The summed E-state index contributed by atoms with van der Waals surface area (Å²) in [7, 11) is 0. The van der Waals surface area contributed by atoms with Gasteiger partial charge in [0, 0.05) is 13.1 Å². The Morgan fingerprint density at radius 2 is 2.10 bits per heavy atom. The molecule has 0 spiro atoms. The van der Waals surface area contributed by atoms with Crippen LogP contribution in [0, 0.1) is 12.8 Å². The molecule has 2 rings (SSSR count). The topological polar surface area (TPSA) is 29.3 Å². The number of likely N-dealkylation sites (tertiary alicyclic amines) is 1. The Morgan fingerprint density at radius 1 is 1.33 bits per heavy atom. The second-order valence-corrected chi connectivity index (χ2v) is 5.96. The Morgan fingerprint density at radius 3 is 2.71 bits per heavy atom. The minimum atomic E-state index is -4.26. The lowest BCUT2D eigenvalue weighted by Gasteiger charge is -2.33. The van der Waals surface area contributed by atoms with Crippen molar-refractivity contribution in [3.63, 3.8) is 0 Å². The van der Waals surface area contributed by atoms with Gasteiger partial charge in [-0.15, -0.1) is 0 Å².